The van der Waals surface area contributed by atoms with E-state index in [0.29, 0.717) is 38.4 Å². The number of halogens is 1. The lowest BCUT2D eigenvalue weighted by atomic mass is 10.2. The SMILES string of the molecule is COc1ccc(C(=O)N/N=C/c2ccc(OC(=O)c3ccccc3Br)cc2)cc1OC. The molecule has 0 unspecified atom stereocenters. The van der Waals surface area contributed by atoms with Gasteiger partial charge in [0.2, 0.25) is 0 Å². The number of rotatable bonds is 7. The minimum atomic E-state index is -0.462. The van der Waals surface area contributed by atoms with Crippen molar-refractivity contribution in [2.24, 2.45) is 5.10 Å². The van der Waals surface area contributed by atoms with Gasteiger partial charge in [0.05, 0.1) is 26.0 Å². The van der Waals surface area contributed by atoms with Crippen LogP contribution in [-0.4, -0.2) is 32.3 Å². The molecular formula is C23H19BrN2O5. The number of benzene rings is 3. The maximum Gasteiger partial charge on any atom is 0.344 e. The number of nitrogens with one attached hydrogen (secondary N) is 1. The monoisotopic (exact) mass is 482 g/mol. The number of hydrogen-bond acceptors (Lipinski definition) is 6. The molecule has 3 aromatic carbocycles. The van der Waals surface area contributed by atoms with E-state index in [-0.39, 0.29) is 0 Å². The molecule has 0 saturated heterocycles. The Morgan fingerprint density at radius 1 is 0.935 bits per heavy atom. The molecule has 1 N–H and O–H groups in total. The largest absolute Gasteiger partial charge is 0.493 e. The first-order valence-corrected chi connectivity index (χ1v) is 9.93. The first kappa shape index (κ1) is 22.0. The first-order chi connectivity index (χ1) is 15.0. The molecule has 0 atom stereocenters. The van der Waals surface area contributed by atoms with E-state index in [2.05, 4.69) is 26.5 Å². The van der Waals surface area contributed by atoms with E-state index in [4.69, 9.17) is 14.2 Å². The molecule has 3 aromatic rings. The Morgan fingerprint density at radius 3 is 2.32 bits per heavy atom. The molecular weight excluding hydrogens is 464 g/mol. The summed E-state index contributed by atoms with van der Waals surface area (Å²) in [6, 6.07) is 18.6. The number of esters is 1. The smallest absolute Gasteiger partial charge is 0.344 e. The van der Waals surface area contributed by atoms with Crippen LogP contribution in [-0.2, 0) is 0 Å². The number of nitrogens with zero attached hydrogens (tertiary/aromatic N) is 1. The van der Waals surface area contributed by atoms with Gasteiger partial charge in [0, 0.05) is 10.0 Å². The molecule has 0 aliphatic carbocycles. The number of hydrogen-bond donors (Lipinski definition) is 1. The fourth-order valence-corrected chi connectivity index (χ4v) is 3.06. The summed E-state index contributed by atoms with van der Waals surface area (Å²) in [5.74, 6) is 0.522. The van der Waals surface area contributed by atoms with E-state index in [0.717, 1.165) is 0 Å². The van der Waals surface area contributed by atoms with E-state index >= 15 is 0 Å². The summed E-state index contributed by atoms with van der Waals surface area (Å²) in [7, 11) is 3.02. The Labute approximate surface area is 187 Å². The van der Waals surface area contributed by atoms with Crippen molar-refractivity contribution < 1.29 is 23.8 Å². The highest BCUT2D eigenvalue weighted by molar-refractivity contribution is 9.10. The topological polar surface area (TPSA) is 86.2 Å². The van der Waals surface area contributed by atoms with Gasteiger partial charge in [-0.1, -0.05) is 12.1 Å². The van der Waals surface area contributed by atoms with Crippen molar-refractivity contribution in [1.29, 1.82) is 0 Å². The first-order valence-electron chi connectivity index (χ1n) is 9.14. The third-order valence-corrected chi connectivity index (χ3v) is 4.90. The molecule has 31 heavy (non-hydrogen) atoms. The summed E-state index contributed by atoms with van der Waals surface area (Å²) >= 11 is 3.33. The van der Waals surface area contributed by atoms with Gasteiger partial charge in [0.25, 0.3) is 5.91 Å². The lowest BCUT2D eigenvalue weighted by Gasteiger charge is -2.08. The van der Waals surface area contributed by atoms with Gasteiger partial charge in [-0.15, -0.1) is 0 Å². The Bertz CT molecular complexity index is 1110. The molecule has 0 saturated carbocycles. The van der Waals surface area contributed by atoms with Gasteiger partial charge in [0.15, 0.2) is 11.5 Å². The predicted molar refractivity (Wildman–Crippen MR) is 120 cm³/mol. The molecule has 0 heterocycles. The minimum Gasteiger partial charge on any atom is -0.493 e. The van der Waals surface area contributed by atoms with Gasteiger partial charge < -0.3 is 14.2 Å². The molecule has 0 bridgehead atoms. The molecule has 8 heteroatoms. The molecule has 158 valence electrons. The van der Waals surface area contributed by atoms with Gasteiger partial charge in [-0.05, 0) is 76.1 Å². The number of methoxy groups -OCH3 is 2. The molecule has 0 aliphatic heterocycles. The van der Waals surface area contributed by atoms with E-state index in [1.165, 1.54) is 20.4 Å². The summed E-state index contributed by atoms with van der Waals surface area (Å²) in [4.78, 5) is 24.5. The average molecular weight is 483 g/mol. The summed E-state index contributed by atoms with van der Waals surface area (Å²) in [5.41, 5.74) is 3.99. The minimum absolute atomic E-state index is 0.379. The van der Waals surface area contributed by atoms with Crippen molar-refractivity contribution in [3.63, 3.8) is 0 Å². The van der Waals surface area contributed by atoms with Crippen LogP contribution in [0.4, 0.5) is 0 Å². The normalized spacial score (nSPS) is 10.5. The van der Waals surface area contributed by atoms with Crippen LogP contribution in [0.1, 0.15) is 26.3 Å². The lowest BCUT2D eigenvalue weighted by Crippen LogP contribution is -2.17. The number of carbonyl (C=O) groups excluding carboxylic acids is 2. The Morgan fingerprint density at radius 2 is 1.65 bits per heavy atom. The van der Waals surface area contributed by atoms with E-state index < -0.39 is 11.9 Å². The molecule has 1 amide bonds. The highest BCUT2D eigenvalue weighted by Crippen LogP contribution is 2.27. The highest BCUT2D eigenvalue weighted by Gasteiger charge is 2.12. The van der Waals surface area contributed by atoms with E-state index in [9.17, 15) is 9.59 Å². The lowest BCUT2D eigenvalue weighted by molar-refractivity contribution is 0.0733. The van der Waals surface area contributed by atoms with Crippen LogP contribution in [0.3, 0.4) is 0 Å². The fraction of sp³-hybridized carbons (Fsp3) is 0.0870. The van der Waals surface area contributed by atoms with Crippen LogP contribution in [0.2, 0.25) is 0 Å². The number of ether oxygens (including phenoxy) is 3. The van der Waals surface area contributed by atoms with Crippen molar-refractivity contribution in [3.05, 3.63) is 87.9 Å². The molecule has 0 aliphatic rings. The summed E-state index contributed by atoms with van der Waals surface area (Å²) in [6.07, 6.45) is 1.48. The fourth-order valence-electron chi connectivity index (χ4n) is 2.62. The summed E-state index contributed by atoms with van der Waals surface area (Å²) in [6.45, 7) is 0. The molecule has 0 aromatic heterocycles. The van der Waals surface area contributed by atoms with Crippen LogP contribution >= 0.6 is 15.9 Å². The van der Waals surface area contributed by atoms with Gasteiger partial charge >= 0.3 is 5.97 Å². The predicted octanol–water partition coefficient (Wildman–Crippen LogP) is 4.45. The molecule has 3 rings (SSSR count). The third kappa shape index (κ3) is 5.70. The van der Waals surface area contributed by atoms with Crippen LogP contribution in [0.25, 0.3) is 0 Å². The van der Waals surface area contributed by atoms with Crippen molar-refractivity contribution in [3.8, 4) is 17.2 Å². The Balaban J connectivity index is 1.59. The maximum absolute atomic E-state index is 12.3. The Hall–Kier alpha value is -3.65. The third-order valence-electron chi connectivity index (χ3n) is 4.21. The molecule has 0 fully saturated rings. The van der Waals surface area contributed by atoms with E-state index in [1.54, 1.807) is 60.7 Å². The molecule has 0 radical (unpaired) electrons. The number of carbonyl (C=O) groups is 2. The van der Waals surface area contributed by atoms with Crippen LogP contribution in [0.15, 0.2) is 76.3 Å². The standard InChI is InChI=1S/C23H19BrN2O5/c1-29-20-12-9-16(13-21(20)30-2)22(27)26-25-14-15-7-10-17(11-8-15)31-23(28)18-5-3-4-6-19(18)24/h3-14H,1-2H3,(H,26,27)/b25-14+. The number of hydrazone groups is 1. The zero-order valence-corrected chi connectivity index (χ0v) is 18.4. The van der Waals surface area contributed by atoms with Gasteiger partial charge in [0.1, 0.15) is 5.75 Å². The second-order valence-corrected chi connectivity index (χ2v) is 7.06. The van der Waals surface area contributed by atoms with Gasteiger partial charge in [-0.2, -0.15) is 5.10 Å². The number of amides is 1. The second-order valence-electron chi connectivity index (χ2n) is 6.21. The van der Waals surface area contributed by atoms with Crippen molar-refractivity contribution in [2.75, 3.05) is 14.2 Å². The van der Waals surface area contributed by atoms with Gasteiger partial charge in [-0.3, -0.25) is 4.79 Å². The van der Waals surface area contributed by atoms with Crippen LogP contribution in [0.5, 0.6) is 17.2 Å². The molecule has 0 spiro atoms. The summed E-state index contributed by atoms with van der Waals surface area (Å²) < 4.78 is 16.4. The second kappa shape index (κ2) is 10.4. The zero-order chi connectivity index (χ0) is 22.2. The van der Waals surface area contributed by atoms with Crippen LogP contribution < -0.4 is 19.6 Å². The van der Waals surface area contributed by atoms with Crippen molar-refractivity contribution >= 4 is 34.0 Å². The van der Waals surface area contributed by atoms with E-state index in [1.807, 2.05) is 6.07 Å². The van der Waals surface area contributed by atoms with Crippen LogP contribution in [0, 0.1) is 0 Å². The average Bonchev–Trinajstić information content (AvgIpc) is 2.79. The van der Waals surface area contributed by atoms with Gasteiger partial charge in [-0.25, -0.2) is 10.2 Å². The quantitative estimate of drug-likeness (QED) is 0.232. The highest BCUT2D eigenvalue weighted by atomic mass is 79.9. The Kier molecular flexibility index (Phi) is 7.40. The van der Waals surface area contributed by atoms with Crippen molar-refractivity contribution in [2.45, 2.75) is 0 Å². The van der Waals surface area contributed by atoms with Crippen molar-refractivity contribution in [1.82, 2.24) is 5.43 Å². The molecule has 7 nitrogen and oxygen atoms in total. The zero-order valence-electron chi connectivity index (χ0n) is 16.8. The maximum atomic E-state index is 12.3. The summed E-state index contributed by atoms with van der Waals surface area (Å²) in [5, 5.41) is 3.96.